The molecule has 8 heteroatoms. The molecule has 0 fully saturated rings. The van der Waals surface area contributed by atoms with Crippen molar-refractivity contribution < 1.29 is 9.53 Å². The van der Waals surface area contributed by atoms with E-state index in [1.54, 1.807) is 23.8 Å². The van der Waals surface area contributed by atoms with Crippen LogP contribution in [0.4, 0.5) is 5.69 Å². The number of para-hydroxylation sites is 2. The predicted molar refractivity (Wildman–Crippen MR) is 124 cm³/mol. The van der Waals surface area contributed by atoms with E-state index in [0.717, 1.165) is 11.3 Å². The minimum absolute atomic E-state index is 0.0886. The van der Waals surface area contributed by atoms with Gasteiger partial charge in [-0.3, -0.25) is 14.2 Å². The lowest BCUT2D eigenvalue weighted by Gasteiger charge is -2.13. The van der Waals surface area contributed by atoms with E-state index in [9.17, 15) is 9.59 Å². The summed E-state index contributed by atoms with van der Waals surface area (Å²) in [5.41, 5.74) is 4.06. The molecule has 4 aromatic rings. The van der Waals surface area contributed by atoms with E-state index in [2.05, 4.69) is 15.3 Å². The molecule has 158 valence electrons. The van der Waals surface area contributed by atoms with Crippen molar-refractivity contribution in [3.8, 4) is 11.4 Å². The van der Waals surface area contributed by atoms with Crippen LogP contribution in [0.3, 0.4) is 0 Å². The zero-order chi connectivity index (χ0) is 22.0. The molecule has 0 aliphatic rings. The van der Waals surface area contributed by atoms with E-state index >= 15 is 0 Å². The Kier molecular flexibility index (Phi) is 5.81. The van der Waals surface area contributed by atoms with Crippen LogP contribution < -0.4 is 15.6 Å². The van der Waals surface area contributed by atoms with Gasteiger partial charge in [-0.15, -0.1) is 0 Å². The molecule has 0 aliphatic heterocycles. The van der Waals surface area contributed by atoms with E-state index in [1.807, 2.05) is 56.3 Å². The first kappa shape index (κ1) is 20.7. The number of carbonyl (C=O) groups excluding carboxylic acids is 1. The number of H-pyrrole nitrogens is 1. The number of nitrogens with one attached hydrogen (secondary N) is 2. The summed E-state index contributed by atoms with van der Waals surface area (Å²) in [5.74, 6) is 0.454. The Morgan fingerprint density at radius 2 is 1.90 bits per heavy atom. The van der Waals surface area contributed by atoms with Gasteiger partial charge in [-0.05, 0) is 44.2 Å². The highest BCUT2D eigenvalue weighted by Crippen LogP contribution is 2.25. The van der Waals surface area contributed by atoms with Gasteiger partial charge in [0.25, 0.3) is 5.56 Å². The Morgan fingerprint density at radius 1 is 1.16 bits per heavy atom. The summed E-state index contributed by atoms with van der Waals surface area (Å²) in [6.07, 6.45) is 0. The van der Waals surface area contributed by atoms with Crippen molar-refractivity contribution in [1.29, 1.82) is 0 Å². The van der Waals surface area contributed by atoms with Gasteiger partial charge in [-0.25, -0.2) is 4.98 Å². The number of rotatable bonds is 6. The van der Waals surface area contributed by atoms with Gasteiger partial charge >= 0.3 is 0 Å². The van der Waals surface area contributed by atoms with E-state index in [-0.39, 0.29) is 17.2 Å². The number of ether oxygens (including phenoxy) is 1. The molecular formula is C23H22N4O3S. The number of amides is 1. The highest BCUT2D eigenvalue weighted by molar-refractivity contribution is 7.99. The lowest BCUT2D eigenvalue weighted by molar-refractivity contribution is -0.113. The van der Waals surface area contributed by atoms with Crippen LogP contribution in [0.25, 0.3) is 16.7 Å². The molecule has 4 rings (SSSR count). The number of aryl methyl sites for hydroxylation is 2. The second kappa shape index (κ2) is 8.69. The highest BCUT2D eigenvalue weighted by Gasteiger charge is 2.17. The topological polar surface area (TPSA) is 89.0 Å². The van der Waals surface area contributed by atoms with Crippen molar-refractivity contribution in [2.24, 2.45) is 0 Å². The summed E-state index contributed by atoms with van der Waals surface area (Å²) in [7, 11) is 1.55. The van der Waals surface area contributed by atoms with Gasteiger partial charge in [-0.2, -0.15) is 0 Å². The van der Waals surface area contributed by atoms with Gasteiger partial charge in [0.15, 0.2) is 5.16 Å². The number of thioether (sulfide) groups is 1. The number of aromatic amines is 1. The molecule has 0 radical (unpaired) electrons. The maximum absolute atomic E-state index is 13.2. The minimum Gasteiger partial charge on any atom is -0.495 e. The molecule has 2 N–H and O–H groups in total. The van der Waals surface area contributed by atoms with Crippen LogP contribution in [0.15, 0.2) is 64.5 Å². The summed E-state index contributed by atoms with van der Waals surface area (Å²) in [4.78, 5) is 33.6. The Balaban J connectivity index is 1.66. The number of aromatic nitrogens is 3. The third-order valence-electron chi connectivity index (χ3n) is 4.76. The minimum atomic E-state index is -0.218. The maximum atomic E-state index is 13.2. The van der Waals surface area contributed by atoms with E-state index in [4.69, 9.17) is 4.74 Å². The van der Waals surface area contributed by atoms with Crippen LogP contribution in [0.5, 0.6) is 5.75 Å². The molecule has 0 unspecified atom stereocenters. The first-order valence-electron chi connectivity index (χ1n) is 9.71. The molecule has 0 bridgehead atoms. The maximum Gasteiger partial charge on any atom is 0.283 e. The molecule has 1 amide bonds. The lowest BCUT2D eigenvalue weighted by Crippen LogP contribution is -2.23. The molecule has 2 aromatic carbocycles. The fraction of sp³-hybridized carbons (Fsp3) is 0.174. The highest BCUT2D eigenvalue weighted by atomic mass is 32.2. The number of anilines is 1. The number of methoxy groups -OCH3 is 1. The van der Waals surface area contributed by atoms with Crippen LogP contribution in [-0.4, -0.2) is 33.3 Å². The van der Waals surface area contributed by atoms with Crippen molar-refractivity contribution >= 4 is 34.4 Å². The molecule has 2 heterocycles. The molecule has 0 aliphatic carbocycles. The Labute approximate surface area is 183 Å². The summed E-state index contributed by atoms with van der Waals surface area (Å²) < 4.78 is 6.82. The Bertz CT molecular complexity index is 1310. The van der Waals surface area contributed by atoms with Gasteiger partial charge < -0.3 is 15.0 Å². The van der Waals surface area contributed by atoms with Gasteiger partial charge in [0.1, 0.15) is 11.3 Å². The first-order valence-corrected chi connectivity index (χ1v) is 10.7. The predicted octanol–water partition coefficient (Wildman–Crippen LogP) is 4.07. The summed E-state index contributed by atoms with van der Waals surface area (Å²) >= 11 is 1.21. The monoisotopic (exact) mass is 434 g/mol. The average Bonchev–Trinajstić information content (AvgIpc) is 3.14. The first-order chi connectivity index (χ1) is 15.0. The lowest BCUT2D eigenvalue weighted by atomic mass is 10.2. The van der Waals surface area contributed by atoms with Crippen LogP contribution in [0, 0.1) is 13.8 Å². The molecule has 0 saturated heterocycles. The zero-order valence-corrected chi connectivity index (χ0v) is 18.2. The van der Waals surface area contributed by atoms with Crippen molar-refractivity contribution in [2.45, 2.75) is 19.0 Å². The SMILES string of the molecule is COc1ccccc1NC(=O)CSc1nc2cc(C)[nH]c2c(=O)n1-c1ccc(C)cc1. The second-order valence-corrected chi connectivity index (χ2v) is 8.06. The molecule has 0 spiro atoms. The zero-order valence-electron chi connectivity index (χ0n) is 17.4. The van der Waals surface area contributed by atoms with Gasteiger partial charge in [0, 0.05) is 5.69 Å². The van der Waals surface area contributed by atoms with E-state index in [1.165, 1.54) is 11.8 Å². The van der Waals surface area contributed by atoms with Crippen LogP contribution in [0.2, 0.25) is 0 Å². The van der Waals surface area contributed by atoms with E-state index in [0.29, 0.717) is 33.3 Å². The quantitative estimate of drug-likeness (QED) is 0.353. The Morgan fingerprint density at radius 3 is 2.65 bits per heavy atom. The Hall–Kier alpha value is -3.52. The summed E-state index contributed by atoms with van der Waals surface area (Å²) in [6, 6.07) is 16.7. The smallest absolute Gasteiger partial charge is 0.283 e. The number of nitrogens with zero attached hydrogens (tertiary/aromatic N) is 2. The third-order valence-corrected chi connectivity index (χ3v) is 5.70. The fourth-order valence-corrected chi connectivity index (χ4v) is 4.07. The summed E-state index contributed by atoms with van der Waals surface area (Å²) in [5, 5.41) is 3.30. The van der Waals surface area contributed by atoms with Crippen molar-refractivity contribution in [1.82, 2.24) is 14.5 Å². The second-order valence-electron chi connectivity index (χ2n) is 7.12. The van der Waals surface area contributed by atoms with Crippen molar-refractivity contribution in [2.75, 3.05) is 18.2 Å². The molecular weight excluding hydrogens is 412 g/mol. The number of benzene rings is 2. The number of carbonyl (C=O) groups is 1. The largest absolute Gasteiger partial charge is 0.495 e. The molecule has 2 aromatic heterocycles. The van der Waals surface area contributed by atoms with Crippen LogP contribution in [0.1, 0.15) is 11.3 Å². The normalized spacial score (nSPS) is 10.9. The molecule has 0 atom stereocenters. The van der Waals surface area contributed by atoms with Gasteiger partial charge in [0.05, 0.1) is 29.8 Å². The van der Waals surface area contributed by atoms with Gasteiger partial charge in [0.2, 0.25) is 5.91 Å². The van der Waals surface area contributed by atoms with Crippen molar-refractivity contribution in [3.63, 3.8) is 0 Å². The van der Waals surface area contributed by atoms with Crippen LogP contribution >= 0.6 is 11.8 Å². The molecule has 31 heavy (non-hydrogen) atoms. The average molecular weight is 435 g/mol. The number of hydrogen-bond acceptors (Lipinski definition) is 5. The van der Waals surface area contributed by atoms with Crippen LogP contribution in [-0.2, 0) is 4.79 Å². The fourth-order valence-electron chi connectivity index (χ4n) is 3.26. The number of hydrogen-bond donors (Lipinski definition) is 2. The van der Waals surface area contributed by atoms with Crippen molar-refractivity contribution in [3.05, 3.63) is 76.2 Å². The third kappa shape index (κ3) is 4.34. The van der Waals surface area contributed by atoms with Gasteiger partial charge in [-0.1, -0.05) is 41.6 Å². The summed E-state index contributed by atoms with van der Waals surface area (Å²) in [6.45, 7) is 3.87. The van der Waals surface area contributed by atoms with E-state index < -0.39 is 0 Å². The standard InChI is InChI=1S/C23H22N4O3S/c1-14-8-10-16(11-9-14)27-22(29)21-18(12-15(2)24-21)26-23(27)31-13-20(28)25-17-6-4-5-7-19(17)30-3/h4-12,24H,13H2,1-3H3,(H,25,28). The molecule has 0 saturated carbocycles. The molecule has 7 nitrogen and oxygen atoms in total. The number of fused-ring (bicyclic) bond motifs is 1.